The first-order valence-electron chi connectivity index (χ1n) is 3.87. The first-order valence-corrected chi connectivity index (χ1v) is 6.55. The number of hydrogen-bond acceptors (Lipinski definition) is 4. The van der Waals surface area contributed by atoms with Crippen LogP contribution in [-0.4, -0.2) is 38.2 Å². The number of methoxy groups -OCH3 is 1. The Labute approximate surface area is 91.1 Å². The van der Waals surface area contributed by atoms with Gasteiger partial charge in [0.15, 0.2) is 9.84 Å². The molecule has 80 valence electrons. The first kappa shape index (κ1) is 11.7. The van der Waals surface area contributed by atoms with Crippen molar-refractivity contribution in [3.63, 3.8) is 0 Å². The van der Waals surface area contributed by atoms with Gasteiger partial charge in [-0.05, 0) is 15.9 Å². The number of nitrogens with zero attached hydrogens (tertiary/aromatic N) is 2. The van der Waals surface area contributed by atoms with E-state index in [4.69, 9.17) is 4.74 Å². The molecule has 1 aromatic rings. The highest BCUT2D eigenvalue weighted by Gasteiger charge is 2.15. The van der Waals surface area contributed by atoms with E-state index in [2.05, 4.69) is 21.0 Å². The molecule has 7 heteroatoms. The molecule has 0 saturated carbocycles. The molecule has 14 heavy (non-hydrogen) atoms. The Morgan fingerprint density at radius 3 is 2.71 bits per heavy atom. The largest absolute Gasteiger partial charge is 0.383 e. The number of rotatable bonds is 4. The fourth-order valence-electron chi connectivity index (χ4n) is 0.928. The van der Waals surface area contributed by atoms with Gasteiger partial charge in [-0.25, -0.2) is 8.42 Å². The average molecular weight is 283 g/mol. The second kappa shape index (κ2) is 4.41. The van der Waals surface area contributed by atoms with E-state index < -0.39 is 9.84 Å². The topological polar surface area (TPSA) is 61.2 Å². The van der Waals surface area contributed by atoms with Crippen LogP contribution in [0.2, 0.25) is 0 Å². The van der Waals surface area contributed by atoms with Gasteiger partial charge in [-0.15, -0.1) is 0 Å². The minimum atomic E-state index is -3.21. The molecule has 1 heterocycles. The van der Waals surface area contributed by atoms with Gasteiger partial charge in [-0.3, -0.25) is 4.68 Å². The molecule has 1 aromatic heterocycles. The van der Waals surface area contributed by atoms with Crippen LogP contribution in [0.25, 0.3) is 0 Å². The molecule has 0 unspecified atom stereocenters. The Kier molecular flexibility index (Phi) is 3.68. The fraction of sp³-hybridized carbons (Fsp3) is 0.571. The minimum absolute atomic E-state index is 0.202. The van der Waals surface area contributed by atoms with Gasteiger partial charge < -0.3 is 4.74 Å². The molecule has 0 bridgehead atoms. The second-order valence-electron chi connectivity index (χ2n) is 2.81. The van der Waals surface area contributed by atoms with Gasteiger partial charge in [0.25, 0.3) is 0 Å². The van der Waals surface area contributed by atoms with E-state index in [1.54, 1.807) is 7.11 Å². The number of aromatic nitrogens is 2. The zero-order valence-electron chi connectivity index (χ0n) is 7.90. The molecule has 0 aliphatic rings. The SMILES string of the molecule is COCCn1cc(S(C)(=O)=O)c(Br)n1. The minimum Gasteiger partial charge on any atom is -0.383 e. The Balaban J connectivity index is 2.94. The third-order valence-corrected chi connectivity index (χ3v) is 3.56. The van der Waals surface area contributed by atoms with Crippen molar-refractivity contribution in [1.82, 2.24) is 9.78 Å². The lowest BCUT2D eigenvalue weighted by Crippen LogP contribution is -2.04. The maximum atomic E-state index is 11.2. The van der Waals surface area contributed by atoms with Crippen molar-refractivity contribution in [3.05, 3.63) is 10.8 Å². The van der Waals surface area contributed by atoms with Crippen LogP contribution >= 0.6 is 15.9 Å². The third-order valence-electron chi connectivity index (χ3n) is 1.61. The van der Waals surface area contributed by atoms with Crippen LogP contribution in [0.1, 0.15) is 0 Å². The van der Waals surface area contributed by atoms with Crippen molar-refractivity contribution in [1.29, 1.82) is 0 Å². The van der Waals surface area contributed by atoms with Crippen LogP contribution in [0.5, 0.6) is 0 Å². The van der Waals surface area contributed by atoms with Gasteiger partial charge in [-0.2, -0.15) is 5.10 Å². The molecule has 1 rings (SSSR count). The molecule has 0 atom stereocenters. The summed E-state index contributed by atoms with van der Waals surface area (Å²) in [4.78, 5) is 0.202. The summed E-state index contributed by atoms with van der Waals surface area (Å²) in [5.74, 6) is 0. The number of sulfone groups is 1. The van der Waals surface area contributed by atoms with E-state index in [9.17, 15) is 8.42 Å². The van der Waals surface area contributed by atoms with E-state index in [1.165, 1.54) is 10.9 Å². The van der Waals surface area contributed by atoms with Crippen molar-refractivity contribution in [2.45, 2.75) is 11.4 Å². The summed E-state index contributed by atoms with van der Waals surface area (Å²) < 4.78 is 29.2. The molecule has 0 N–H and O–H groups in total. The van der Waals surface area contributed by atoms with Crippen LogP contribution in [0.4, 0.5) is 0 Å². The lowest BCUT2D eigenvalue weighted by molar-refractivity contribution is 0.183. The summed E-state index contributed by atoms with van der Waals surface area (Å²) in [7, 11) is -1.63. The summed E-state index contributed by atoms with van der Waals surface area (Å²) in [6.07, 6.45) is 2.63. The predicted octanol–water partition coefficient (Wildman–Crippen LogP) is 0.696. The Morgan fingerprint density at radius 2 is 2.29 bits per heavy atom. The Morgan fingerprint density at radius 1 is 1.64 bits per heavy atom. The molecule has 0 aromatic carbocycles. The van der Waals surface area contributed by atoms with Crippen molar-refractivity contribution in [2.75, 3.05) is 20.0 Å². The summed E-state index contributed by atoms with van der Waals surface area (Å²) >= 11 is 3.09. The second-order valence-corrected chi connectivity index (χ2v) is 5.55. The molecular weight excluding hydrogens is 272 g/mol. The highest BCUT2D eigenvalue weighted by Crippen LogP contribution is 2.19. The van der Waals surface area contributed by atoms with Crippen LogP contribution < -0.4 is 0 Å². The van der Waals surface area contributed by atoms with Crippen molar-refractivity contribution >= 4 is 25.8 Å². The molecule has 0 fully saturated rings. The average Bonchev–Trinajstić information content (AvgIpc) is 2.42. The summed E-state index contributed by atoms with van der Waals surface area (Å²) in [6, 6.07) is 0. The molecule has 0 spiro atoms. The molecule has 0 amide bonds. The summed E-state index contributed by atoms with van der Waals surface area (Å²) in [5, 5.41) is 3.99. The molecule has 0 radical (unpaired) electrons. The monoisotopic (exact) mass is 282 g/mol. The molecular formula is C7H11BrN2O3S. The van der Waals surface area contributed by atoms with Crippen LogP contribution in [0.15, 0.2) is 15.7 Å². The summed E-state index contributed by atoms with van der Waals surface area (Å²) in [6.45, 7) is 1.03. The van der Waals surface area contributed by atoms with Gasteiger partial charge in [0.2, 0.25) is 0 Å². The molecule has 0 aliphatic heterocycles. The van der Waals surface area contributed by atoms with E-state index in [-0.39, 0.29) is 4.90 Å². The van der Waals surface area contributed by atoms with E-state index in [0.717, 1.165) is 6.26 Å². The molecule has 0 saturated heterocycles. The fourth-order valence-corrected chi connectivity index (χ4v) is 2.78. The lowest BCUT2D eigenvalue weighted by atomic mass is 10.7. The standard InChI is InChI=1S/C7H11BrN2O3S/c1-13-4-3-10-5-6(7(8)9-10)14(2,11)12/h5H,3-4H2,1-2H3. The quantitative estimate of drug-likeness (QED) is 0.816. The van der Waals surface area contributed by atoms with Crippen molar-refractivity contribution < 1.29 is 13.2 Å². The van der Waals surface area contributed by atoms with E-state index >= 15 is 0 Å². The Bertz CT molecular complexity index is 413. The Hall–Kier alpha value is -0.400. The van der Waals surface area contributed by atoms with Crippen LogP contribution in [-0.2, 0) is 21.1 Å². The highest BCUT2D eigenvalue weighted by atomic mass is 79.9. The van der Waals surface area contributed by atoms with E-state index in [1.807, 2.05) is 0 Å². The highest BCUT2D eigenvalue weighted by molar-refractivity contribution is 9.10. The number of halogens is 1. The number of hydrogen-bond donors (Lipinski definition) is 0. The molecule has 5 nitrogen and oxygen atoms in total. The van der Waals surface area contributed by atoms with Gasteiger partial charge >= 0.3 is 0 Å². The maximum absolute atomic E-state index is 11.2. The number of ether oxygens (including phenoxy) is 1. The third kappa shape index (κ3) is 2.79. The predicted molar refractivity (Wildman–Crippen MR) is 54.9 cm³/mol. The van der Waals surface area contributed by atoms with Gasteiger partial charge in [0.1, 0.15) is 9.50 Å². The van der Waals surface area contributed by atoms with Gasteiger partial charge in [0.05, 0.1) is 13.2 Å². The smallest absolute Gasteiger partial charge is 0.179 e. The van der Waals surface area contributed by atoms with Crippen LogP contribution in [0.3, 0.4) is 0 Å². The normalized spacial score (nSPS) is 11.9. The van der Waals surface area contributed by atoms with E-state index in [0.29, 0.717) is 17.8 Å². The zero-order valence-corrected chi connectivity index (χ0v) is 10.3. The molecule has 0 aliphatic carbocycles. The zero-order chi connectivity index (χ0) is 10.8. The lowest BCUT2D eigenvalue weighted by Gasteiger charge is -1.97. The van der Waals surface area contributed by atoms with Gasteiger partial charge in [-0.1, -0.05) is 0 Å². The summed E-state index contributed by atoms with van der Waals surface area (Å²) in [5.41, 5.74) is 0. The van der Waals surface area contributed by atoms with Gasteiger partial charge in [0, 0.05) is 19.6 Å². The van der Waals surface area contributed by atoms with Crippen molar-refractivity contribution in [3.8, 4) is 0 Å². The first-order chi connectivity index (χ1) is 6.45. The maximum Gasteiger partial charge on any atom is 0.179 e. The van der Waals surface area contributed by atoms with Crippen molar-refractivity contribution in [2.24, 2.45) is 0 Å². The van der Waals surface area contributed by atoms with Crippen LogP contribution in [0, 0.1) is 0 Å².